The van der Waals surface area contributed by atoms with Crippen LogP contribution in [0.5, 0.6) is 23.0 Å². The summed E-state index contributed by atoms with van der Waals surface area (Å²) in [5.41, 5.74) is 3.66. The van der Waals surface area contributed by atoms with Crippen LogP contribution in [-0.4, -0.2) is 44.6 Å². The predicted octanol–water partition coefficient (Wildman–Crippen LogP) is 2.41. The molecule has 2 aliphatic heterocycles. The van der Waals surface area contributed by atoms with Crippen LogP contribution in [0, 0.1) is 0 Å². The van der Waals surface area contributed by atoms with E-state index in [1.54, 1.807) is 14.2 Å². The quantitative estimate of drug-likeness (QED) is 0.877. The van der Waals surface area contributed by atoms with Crippen molar-refractivity contribution in [2.45, 2.75) is 24.5 Å². The van der Waals surface area contributed by atoms with E-state index in [0.29, 0.717) is 23.7 Å². The van der Waals surface area contributed by atoms with Crippen LogP contribution in [-0.2, 0) is 18.4 Å². The van der Waals surface area contributed by atoms with Crippen LogP contribution in [0.15, 0.2) is 24.3 Å². The molecule has 0 radical (unpaired) electrons. The third-order valence-electron chi connectivity index (χ3n) is 6.33. The second-order valence-electron chi connectivity index (χ2n) is 7.41. The van der Waals surface area contributed by atoms with Gasteiger partial charge in [0.15, 0.2) is 23.0 Å². The summed E-state index contributed by atoms with van der Waals surface area (Å²) in [6.45, 7) is 1.05. The zero-order valence-corrected chi connectivity index (χ0v) is 15.7. The van der Waals surface area contributed by atoms with Gasteiger partial charge in [0, 0.05) is 12.1 Å². The third kappa shape index (κ3) is 2.08. The van der Waals surface area contributed by atoms with Crippen LogP contribution >= 0.6 is 0 Å². The average molecular weight is 369 g/mol. The zero-order chi connectivity index (χ0) is 18.8. The lowest BCUT2D eigenvalue weighted by Gasteiger charge is -2.46. The first-order chi connectivity index (χ1) is 13.1. The van der Waals surface area contributed by atoms with E-state index < -0.39 is 11.6 Å². The molecule has 0 unspecified atom stereocenters. The van der Waals surface area contributed by atoms with Crippen molar-refractivity contribution < 1.29 is 24.1 Å². The van der Waals surface area contributed by atoms with E-state index in [4.69, 9.17) is 18.9 Å². The highest BCUT2D eigenvalue weighted by Gasteiger charge is 2.54. The summed E-state index contributed by atoms with van der Waals surface area (Å²) in [5.74, 6) is 2.78. The van der Waals surface area contributed by atoms with Gasteiger partial charge in [0.1, 0.15) is 6.10 Å². The molecule has 2 atom stereocenters. The maximum atomic E-state index is 11.6. The van der Waals surface area contributed by atoms with Gasteiger partial charge in [-0.2, -0.15) is 0 Å². The standard InChI is InChI=1S/C21H23NO5/c1-22-7-6-12-8-16(24-2)17(25-3)9-14(12)21(22)10-13-4-5-15-19(27-11-26-15)18(13)20(21)23/h4-5,8-9,20,23H,6-7,10-11H2,1-3H3/t20-,21+/m1/s1. The summed E-state index contributed by atoms with van der Waals surface area (Å²) in [4.78, 5) is 2.26. The number of methoxy groups -OCH3 is 2. The molecule has 27 heavy (non-hydrogen) atoms. The number of hydrogen-bond donors (Lipinski definition) is 1. The molecule has 0 saturated heterocycles. The fourth-order valence-corrected chi connectivity index (χ4v) is 4.92. The molecule has 3 aliphatic rings. The molecular formula is C21H23NO5. The van der Waals surface area contributed by atoms with Gasteiger partial charge < -0.3 is 24.1 Å². The summed E-state index contributed by atoms with van der Waals surface area (Å²) in [6, 6.07) is 8.05. The number of likely N-dealkylation sites (N-methyl/N-ethyl adjacent to an activating group) is 1. The molecule has 0 aromatic heterocycles. The molecule has 0 amide bonds. The molecule has 2 aromatic carbocycles. The van der Waals surface area contributed by atoms with Gasteiger partial charge in [-0.1, -0.05) is 6.07 Å². The number of rotatable bonds is 2. The van der Waals surface area contributed by atoms with Crippen molar-refractivity contribution in [1.29, 1.82) is 0 Å². The number of hydrogen-bond acceptors (Lipinski definition) is 6. The van der Waals surface area contributed by atoms with Crippen molar-refractivity contribution in [2.75, 3.05) is 34.6 Å². The van der Waals surface area contributed by atoms with E-state index in [0.717, 1.165) is 35.4 Å². The highest BCUT2D eigenvalue weighted by molar-refractivity contribution is 5.60. The molecule has 142 valence electrons. The minimum Gasteiger partial charge on any atom is -0.493 e. The molecule has 0 bridgehead atoms. The average Bonchev–Trinajstić information content (AvgIpc) is 3.27. The second-order valence-corrected chi connectivity index (χ2v) is 7.41. The fourth-order valence-electron chi connectivity index (χ4n) is 4.92. The largest absolute Gasteiger partial charge is 0.493 e. The predicted molar refractivity (Wildman–Crippen MR) is 98.8 cm³/mol. The molecule has 1 N–H and O–H groups in total. The zero-order valence-electron chi connectivity index (χ0n) is 15.7. The number of fused-ring (bicyclic) bond motifs is 5. The maximum absolute atomic E-state index is 11.6. The van der Waals surface area contributed by atoms with Gasteiger partial charge in [0.2, 0.25) is 6.79 Å². The maximum Gasteiger partial charge on any atom is 0.231 e. The fraction of sp³-hybridized carbons (Fsp3) is 0.429. The van der Waals surface area contributed by atoms with Gasteiger partial charge in [-0.3, -0.25) is 4.90 Å². The van der Waals surface area contributed by atoms with Crippen LogP contribution in [0.3, 0.4) is 0 Å². The van der Waals surface area contributed by atoms with Crippen molar-refractivity contribution in [3.8, 4) is 23.0 Å². The molecule has 1 spiro atoms. The van der Waals surface area contributed by atoms with Crippen LogP contribution < -0.4 is 18.9 Å². The number of ether oxygens (including phenoxy) is 4. The van der Waals surface area contributed by atoms with Crippen molar-refractivity contribution >= 4 is 0 Å². The van der Waals surface area contributed by atoms with Crippen molar-refractivity contribution in [3.63, 3.8) is 0 Å². The Morgan fingerprint density at radius 1 is 1.11 bits per heavy atom. The van der Waals surface area contributed by atoms with Crippen LogP contribution in [0.2, 0.25) is 0 Å². The van der Waals surface area contributed by atoms with Crippen LogP contribution in [0.25, 0.3) is 0 Å². The highest BCUT2D eigenvalue weighted by Crippen LogP contribution is 2.57. The smallest absolute Gasteiger partial charge is 0.231 e. The Morgan fingerprint density at radius 2 is 1.89 bits per heavy atom. The van der Waals surface area contributed by atoms with Crippen molar-refractivity contribution in [3.05, 3.63) is 46.5 Å². The molecule has 0 saturated carbocycles. The van der Waals surface area contributed by atoms with Crippen LogP contribution in [0.1, 0.15) is 28.4 Å². The molecule has 1 aliphatic carbocycles. The summed E-state index contributed by atoms with van der Waals surface area (Å²) in [6.07, 6.45) is 0.889. The van der Waals surface area contributed by atoms with Gasteiger partial charge in [-0.05, 0) is 54.8 Å². The number of nitrogens with zero attached hydrogens (tertiary/aromatic N) is 1. The Labute approximate surface area is 158 Å². The molecule has 6 heteroatoms. The topological polar surface area (TPSA) is 60.4 Å². The monoisotopic (exact) mass is 369 g/mol. The summed E-state index contributed by atoms with van der Waals surface area (Å²) >= 11 is 0. The number of aliphatic hydroxyl groups excluding tert-OH is 1. The lowest BCUT2D eigenvalue weighted by atomic mass is 9.77. The normalized spacial score (nSPS) is 25.4. The molecule has 2 aromatic rings. The van der Waals surface area contributed by atoms with E-state index in [-0.39, 0.29) is 6.79 Å². The Morgan fingerprint density at radius 3 is 2.67 bits per heavy atom. The summed E-state index contributed by atoms with van der Waals surface area (Å²) in [7, 11) is 5.36. The van der Waals surface area contributed by atoms with Crippen LogP contribution in [0.4, 0.5) is 0 Å². The molecule has 0 fully saturated rings. The van der Waals surface area contributed by atoms with Gasteiger partial charge in [-0.25, -0.2) is 0 Å². The van der Waals surface area contributed by atoms with E-state index in [1.807, 2.05) is 24.3 Å². The molecule has 6 nitrogen and oxygen atoms in total. The summed E-state index contributed by atoms with van der Waals surface area (Å²) < 4.78 is 22.3. The second kappa shape index (κ2) is 5.78. The Kier molecular flexibility index (Phi) is 3.58. The minimum atomic E-state index is -0.716. The van der Waals surface area contributed by atoms with E-state index in [9.17, 15) is 5.11 Å². The van der Waals surface area contributed by atoms with Crippen molar-refractivity contribution in [2.24, 2.45) is 0 Å². The van der Waals surface area contributed by atoms with E-state index in [1.165, 1.54) is 5.56 Å². The lowest BCUT2D eigenvalue weighted by molar-refractivity contribution is -0.0206. The Hall–Kier alpha value is -2.44. The molecular weight excluding hydrogens is 346 g/mol. The molecule has 2 heterocycles. The minimum absolute atomic E-state index is 0.197. The SMILES string of the molecule is COc1cc2c(cc1OC)[C@]1(Cc3ccc4c(c3[C@H]1O)OCO4)N(C)CC2. The van der Waals surface area contributed by atoms with Gasteiger partial charge in [0.05, 0.1) is 19.8 Å². The first-order valence-corrected chi connectivity index (χ1v) is 9.16. The van der Waals surface area contributed by atoms with E-state index in [2.05, 4.69) is 11.9 Å². The molecule has 5 rings (SSSR count). The Balaban J connectivity index is 1.72. The first kappa shape index (κ1) is 16.7. The highest BCUT2D eigenvalue weighted by atomic mass is 16.7. The summed E-state index contributed by atoms with van der Waals surface area (Å²) in [5, 5.41) is 11.6. The van der Waals surface area contributed by atoms with Gasteiger partial charge in [-0.15, -0.1) is 0 Å². The van der Waals surface area contributed by atoms with Gasteiger partial charge in [0.25, 0.3) is 0 Å². The van der Waals surface area contributed by atoms with Crippen molar-refractivity contribution in [1.82, 2.24) is 4.90 Å². The third-order valence-corrected chi connectivity index (χ3v) is 6.33. The number of benzene rings is 2. The Bertz CT molecular complexity index is 927. The van der Waals surface area contributed by atoms with E-state index >= 15 is 0 Å². The first-order valence-electron chi connectivity index (χ1n) is 9.16. The van der Waals surface area contributed by atoms with Gasteiger partial charge >= 0.3 is 0 Å². The lowest BCUT2D eigenvalue weighted by Crippen LogP contribution is -2.51. The number of aliphatic hydroxyl groups is 1.